The Balaban J connectivity index is 2.16. The number of fused-ring (bicyclic) bond motifs is 1. The first-order valence-corrected chi connectivity index (χ1v) is 11.4. The van der Waals surface area contributed by atoms with Gasteiger partial charge in [0, 0.05) is 28.2 Å². The van der Waals surface area contributed by atoms with Gasteiger partial charge >= 0.3 is 12.4 Å². The highest BCUT2D eigenvalue weighted by atomic mass is 19.4. The summed E-state index contributed by atoms with van der Waals surface area (Å²) in [5, 5.41) is 2.85. The molecule has 3 rings (SSSR count). The summed E-state index contributed by atoms with van der Waals surface area (Å²) in [5.74, 6) is -2.42. The first-order chi connectivity index (χ1) is 16.4. The molecular formula is C26H28F6N2O2. The predicted molar refractivity (Wildman–Crippen MR) is 126 cm³/mol. The molecule has 0 radical (unpaired) electrons. The molecule has 0 atom stereocenters. The molecule has 0 aliphatic heterocycles. The van der Waals surface area contributed by atoms with Crippen molar-refractivity contribution in [2.24, 2.45) is 11.3 Å². The van der Waals surface area contributed by atoms with Crippen LogP contribution in [-0.2, 0) is 17.1 Å². The number of carbonyl (C=O) groups excluding carboxylic acids is 1. The Morgan fingerprint density at radius 3 is 1.94 bits per heavy atom. The zero-order chi connectivity index (χ0) is 27.2. The van der Waals surface area contributed by atoms with E-state index in [2.05, 4.69) is 10.3 Å². The summed E-state index contributed by atoms with van der Waals surface area (Å²) >= 11 is 0. The van der Waals surface area contributed by atoms with E-state index in [0.717, 1.165) is 5.56 Å². The van der Waals surface area contributed by atoms with Crippen LogP contribution in [0, 0.1) is 11.3 Å². The number of aromatic amines is 1. The lowest BCUT2D eigenvalue weighted by Crippen LogP contribution is -2.35. The highest BCUT2D eigenvalue weighted by Crippen LogP contribution is 2.48. The fourth-order valence-electron chi connectivity index (χ4n) is 3.57. The Hall–Kier alpha value is -3.17. The minimum absolute atomic E-state index is 0.0588. The molecule has 3 aromatic rings. The number of aromatic nitrogens is 1. The third-order valence-corrected chi connectivity index (χ3v) is 6.51. The van der Waals surface area contributed by atoms with E-state index < -0.39 is 46.2 Å². The third-order valence-electron chi connectivity index (χ3n) is 6.51. The van der Waals surface area contributed by atoms with Crippen molar-refractivity contribution in [3.05, 3.63) is 53.2 Å². The predicted octanol–water partition coefficient (Wildman–Crippen LogP) is 8.74. The van der Waals surface area contributed by atoms with E-state index in [1.165, 1.54) is 18.2 Å². The number of H-pyrrole nitrogens is 1. The highest BCUT2D eigenvalue weighted by molar-refractivity contribution is 5.95. The van der Waals surface area contributed by atoms with Crippen LogP contribution in [0.1, 0.15) is 64.2 Å². The van der Waals surface area contributed by atoms with Crippen LogP contribution in [0.2, 0.25) is 0 Å². The maximum atomic E-state index is 14.0. The van der Waals surface area contributed by atoms with E-state index in [1.807, 2.05) is 13.8 Å². The van der Waals surface area contributed by atoms with E-state index in [-0.39, 0.29) is 17.6 Å². The fourth-order valence-corrected chi connectivity index (χ4v) is 3.57. The molecule has 0 spiro atoms. The first kappa shape index (κ1) is 27.4. The standard InChI is InChI=1S/C26H28F6N2O2/c1-13(2)18-12-33-21-8-7-16(11-17(18)21)36-22-19(25(27,28)29)9-15(10-20(22)26(30,31)32)34-23(35)24(5,6)14(3)4/h7-14,33H,1-6H3,(H,34,35). The second-order valence-electron chi connectivity index (χ2n) is 9.93. The van der Waals surface area contributed by atoms with Gasteiger partial charge in [0.2, 0.25) is 5.91 Å². The minimum atomic E-state index is -5.19. The Kier molecular flexibility index (Phi) is 7.13. The summed E-state index contributed by atoms with van der Waals surface area (Å²) in [6.07, 6.45) is -8.65. The number of anilines is 1. The van der Waals surface area contributed by atoms with E-state index in [9.17, 15) is 31.1 Å². The van der Waals surface area contributed by atoms with Crippen molar-refractivity contribution in [1.29, 1.82) is 0 Å². The van der Waals surface area contributed by atoms with Crippen LogP contribution in [-0.4, -0.2) is 10.9 Å². The number of amides is 1. The number of hydrogen-bond acceptors (Lipinski definition) is 2. The van der Waals surface area contributed by atoms with Crippen LogP contribution in [0.5, 0.6) is 11.5 Å². The highest BCUT2D eigenvalue weighted by Gasteiger charge is 2.43. The fraction of sp³-hybridized carbons (Fsp3) is 0.423. The van der Waals surface area contributed by atoms with E-state index in [1.54, 1.807) is 33.9 Å². The van der Waals surface area contributed by atoms with Gasteiger partial charge in [0.25, 0.3) is 0 Å². The van der Waals surface area contributed by atoms with Gasteiger partial charge < -0.3 is 15.0 Å². The zero-order valence-electron chi connectivity index (χ0n) is 20.7. The van der Waals surface area contributed by atoms with Gasteiger partial charge in [0.05, 0.1) is 0 Å². The number of nitrogens with one attached hydrogen (secondary N) is 2. The summed E-state index contributed by atoms with van der Waals surface area (Å²) in [6.45, 7) is 10.4. The molecule has 0 fully saturated rings. The van der Waals surface area contributed by atoms with Crippen molar-refractivity contribution in [2.75, 3.05) is 5.32 Å². The molecule has 4 nitrogen and oxygen atoms in total. The molecule has 0 aliphatic rings. The molecule has 0 unspecified atom stereocenters. The lowest BCUT2D eigenvalue weighted by atomic mass is 9.80. The summed E-state index contributed by atoms with van der Waals surface area (Å²) < 4.78 is 89.3. The van der Waals surface area contributed by atoms with Crippen LogP contribution >= 0.6 is 0 Å². The largest absolute Gasteiger partial charge is 0.456 e. The van der Waals surface area contributed by atoms with Gasteiger partial charge in [-0.15, -0.1) is 0 Å². The lowest BCUT2D eigenvalue weighted by molar-refractivity contribution is -0.145. The van der Waals surface area contributed by atoms with Gasteiger partial charge in [-0.25, -0.2) is 0 Å². The summed E-state index contributed by atoms with van der Waals surface area (Å²) in [6, 6.07) is 5.16. The number of rotatable bonds is 6. The number of hydrogen-bond donors (Lipinski definition) is 2. The van der Waals surface area contributed by atoms with Crippen LogP contribution in [0.3, 0.4) is 0 Å². The maximum absolute atomic E-state index is 14.0. The Labute approximate surface area is 205 Å². The Bertz CT molecular complexity index is 1230. The molecule has 0 aliphatic carbocycles. The lowest BCUT2D eigenvalue weighted by Gasteiger charge is -2.28. The first-order valence-electron chi connectivity index (χ1n) is 11.4. The number of alkyl halides is 6. The molecular weight excluding hydrogens is 486 g/mol. The molecule has 10 heteroatoms. The van der Waals surface area contributed by atoms with Crippen molar-refractivity contribution >= 4 is 22.5 Å². The zero-order valence-corrected chi connectivity index (χ0v) is 20.7. The van der Waals surface area contributed by atoms with Crippen LogP contribution in [0.25, 0.3) is 10.9 Å². The molecule has 0 saturated heterocycles. The third kappa shape index (κ3) is 5.47. The van der Waals surface area contributed by atoms with Crippen LogP contribution in [0.15, 0.2) is 36.5 Å². The van der Waals surface area contributed by atoms with Gasteiger partial charge in [-0.2, -0.15) is 26.3 Å². The minimum Gasteiger partial charge on any atom is -0.456 e. The van der Waals surface area contributed by atoms with Gasteiger partial charge in [-0.1, -0.05) is 41.5 Å². The van der Waals surface area contributed by atoms with E-state index in [4.69, 9.17) is 4.74 Å². The van der Waals surface area contributed by atoms with Gasteiger partial charge in [0.15, 0.2) is 5.75 Å². The summed E-state index contributed by atoms with van der Waals surface area (Å²) in [4.78, 5) is 15.7. The van der Waals surface area contributed by atoms with Gasteiger partial charge in [0.1, 0.15) is 16.9 Å². The monoisotopic (exact) mass is 514 g/mol. The molecule has 36 heavy (non-hydrogen) atoms. The molecule has 1 heterocycles. The van der Waals surface area contributed by atoms with Crippen LogP contribution < -0.4 is 10.1 Å². The molecule has 1 aromatic heterocycles. The quantitative estimate of drug-likeness (QED) is 0.323. The second-order valence-corrected chi connectivity index (χ2v) is 9.93. The second kappa shape index (κ2) is 9.37. The van der Waals surface area contributed by atoms with Crippen molar-refractivity contribution in [3.8, 4) is 11.5 Å². The number of benzene rings is 2. The Morgan fingerprint density at radius 1 is 0.917 bits per heavy atom. The number of halogens is 6. The van der Waals surface area contributed by atoms with Crippen molar-refractivity contribution in [1.82, 2.24) is 4.98 Å². The average molecular weight is 515 g/mol. The molecule has 196 valence electrons. The van der Waals surface area contributed by atoms with Crippen molar-refractivity contribution in [3.63, 3.8) is 0 Å². The molecule has 1 amide bonds. The SMILES string of the molecule is CC(C)c1c[nH]c2ccc(Oc3c(C(F)(F)F)cc(NC(=O)C(C)(C)C(C)C)cc3C(F)(F)F)cc12. The topological polar surface area (TPSA) is 54.1 Å². The molecule has 0 saturated carbocycles. The molecule has 2 aromatic carbocycles. The number of ether oxygens (including phenoxy) is 1. The normalized spacial score (nSPS) is 13.1. The smallest absolute Gasteiger partial charge is 0.420 e. The van der Waals surface area contributed by atoms with Gasteiger partial charge in [-0.05, 0) is 47.7 Å². The van der Waals surface area contributed by atoms with Gasteiger partial charge in [-0.3, -0.25) is 4.79 Å². The van der Waals surface area contributed by atoms with E-state index in [0.29, 0.717) is 23.0 Å². The van der Waals surface area contributed by atoms with E-state index >= 15 is 0 Å². The maximum Gasteiger partial charge on any atom is 0.420 e. The Morgan fingerprint density at radius 2 is 1.47 bits per heavy atom. The average Bonchev–Trinajstić information content (AvgIpc) is 3.16. The van der Waals surface area contributed by atoms with Crippen LogP contribution in [0.4, 0.5) is 32.0 Å². The summed E-state index contributed by atoms with van der Waals surface area (Å²) in [7, 11) is 0. The number of carbonyl (C=O) groups is 1. The molecule has 2 N–H and O–H groups in total. The molecule has 0 bridgehead atoms. The van der Waals surface area contributed by atoms with Crippen molar-refractivity contribution in [2.45, 2.75) is 59.8 Å². The van der Waals surface area contributed by atoms with Crippen molar-refractivity contribution < 1.29 is 35.9 Å². The summed E-state index contributed by atoms with van der Waals surface area (Å²) in [5.41, 5.74) is -3.44.